The van der Waals surface area contributed by atoms with Crippen LogP contribution < -0.4 is 5.32 Å². The fraction of sp³-hybridized carbons (Fsp3) is 0.412. The van der Waals surface area contributed by atoms with Gasteiger partial charge in [-0.05, 0) is 49.1 Å². The zero-order valence-corrected chi connectivity index (χ0v) is 12.2. The van der Waals surface area contributed by atoms with E-state index in [1.807, 2.05) is 11.3 Å². The molecule has 1 aromatic carbocycles. The van der Waals surface area contributed by atoms with E-state index >= 15 is 0 Å². The molecule has 1 N–H and O–H groups in total. The Morgan fingerprint density at radius 3 is 2.58 bits per heavy atom. The maximum atomic E-state index is 3.84. The van der Waals surface area contributed by atoms with Gasteiger partial charge >= 0.3 is 0 Å². The predicted octanol–water partition coefficient (Wildman–Crippen LogP) is 4.42. The first-order valence-electron chi connectivity index (χ1n) is 7.16. The lowest BCUT2D eigenvalue weighted by atomic mass is 10.0. The Morgan fingerprint density at radius 2 is 1.95 bits per heavy atom. The molecule has 2 aromatic rings. The minimum atomic E-state index is 0.532. The van der Waals surface area contributed by atoms with Gasteiger partial charge in [0.25, 0.3) is 0 Å². The van der Waals surface area contributed by atoms with Gasteiger partial charge < -0.3 is 5.32 Å². The Morgan fingerprint density at radius 1 is 1.16 bits per heavy atom. The molecule has 1 heterocycles. The molecule has 1 saturated carbocycles. The molecular formula is C17H21NS. The average Bonchev–Trinajstić information content (AvgIpc) is 3.15. The lowest BCUT2D eigenvalue weighted by molar-refractivity contribution is 0.418. The third kappa shape index (κ3) is 3.46. The van der Waals surface area contributed by atoms with Gasteiger partial charge in [-0.2, -0.15) is 0 Å². The highest BCUT2D eigenvalue weighted by Crippen LogP contribution is 2.41. The molecule has 1 aliphatic rings. The van der Waals surface area contributed by atoms with Crippen LogP contribution in [-0.2, 0) is 6.42 Å². The van der Waals surface area contributed by atoms with Crippen LogP contribution in [0.15, 0.2) is 47.8 Å². The van der Waals surface area contributed by atoms with Gasteiger partial charge in [0, 0.05) is 17.0 Å². The first-order chi connectivity index (χ1) is 9.33. The Bertz CT molecular complexity index is 487. The van der Waals surface area contributed by atoms with Crippen molar-refractivity contribution in [1.82, 2.24) is 5.32 Å². The largest absolute Gasteiger partial charge is 0.307 e. The number of thiophene rings is 1. The van der Waals surface area contributed by atoms with Crippen molar-refractivity contribution in [1.29, 1.82) is 0 Å². The maximum absolute atomic E-state index is 3.84. The van der Waals surface area contributed by atoms with Crippen LogP contribution in [-0.4, -0.2) is 6.04 Å². The molecule has 2 atom stereocenters. The van der Waals surface area contributed by atoms with Crippen molar-refractivity contribution < 1.29 is 0 Å². The average molecular weight is 271 g/mol. The topological polar surface area (TPSA) is 12.0 Å². The minimum absolute atomic E-state index is 0.532. The summed E-state index contributed by atoms with van der Waals surface area (Å²) in [5.41, 5.74) is 1.45. The van der Waals surface area contributed by atoms with Gasteiger partial charge in [-0.25, -0.2) is 0 Å². The first-order valence-corrected chi connectivity index (χ1v) is 8.04. The van der Waals surface area contributed by atoms with Crippen molar-refractivity contribution in [3.05, 3.63) is 58.3 Å². The second-order valence-electron chi connectivity index (χ2n) is 5.58. The fourth-order valence-electron chi connectivity index (χ4n) is 2.69. The highest BCUT2D eigenvalue weighted by molar-refractivity contribution is 7.09. The third-order valence-corrected chi connectivity index (χ3v) is 4.70. The number of hydrogen-bond acceptors (Lipinski definition) is 2. The van der Waals surface area contributed by atoms with Gasteiger partial charge in [-0.3, -0.25) is 0 Å². The van der Waals surface area contributed by atoms with Crippen molar-refractivity contribution in [2.75, 3.05) is 0 Å². The highest BCUT2D eigenvalue weighted by atomic mass is 32.1. The Balaban J connectivity index is 1.65. The molecule has 100 valence electrons. The summed E-state index contributed by atoms with van der Waals surface area (Å²) in [6.45, 7) is 2.30. The van der Waals surface area contributed by atoms with Gasteiger partial charge in [-0.1, -0.05) is 36.4 Å². The van der Waals surface area contributed by atoms with E-state index in [4.69, 9.17) is 0 Å². The molecule has 0 spiro atoms. The second-order valence-corrected chi connectivity index (χ2v) is 6.61. The van der Waals surface area contributed by atoms with Gasteiger partial charge in [0.05, 0.1) is 0 Å². The van der Waals surface area contributed by atoms with Crippen molar-refractivity contribution in [2.24, 2.45) is 5.92 Å². The molecule has 1 fully saturated rings. The predicted molar refractivity (Wildman–Crippen MR) is 82.5 cm³/mol. The van der Waals surface area contributed by atoms with Gasteiger partial charge in [0.2, 0.25) is 0 Å². The smallest absolute Gasteiger partial charge is 0.0351 e. The van der Waals surface area contributed by atoms with E-state index in [0.717, 1.165) is 12.3 Å². The molecule has 19 heavy (non-hydrogen) atoms. The Labute approximate surface area is 119 Å². The second kappa shape index (κ2) is 5.89. The van der Waals surface area contributed by atoms with Crippen LogP contribution in [0.2, 0.25) is 0 Å². The molecule has 2 unspecified atom stereocenters. The molecule has 0 aliphatic heterocycles. The monoisotopic (exact) mass is 271 g/mol. The third-order valence-electron chi connectivity index (χ3n) is 3.80. The molecule has 3 rings (SSSR count). The zero-order chi connectivity index (χ0) is 13.1. The summed E-state index contributed by atoms with van der Waals surface area (Å²) < 4.78 is 0. The van der Waals surface area contributed by atoms with Crippen LogP contribution in [0.1, 0.15) is 36.2 Å². The van der Waals surface area contributed by atoms with Crippen LogP contribution in [0.3, 0.4) is 0 Å². The van der Waals surface area contributed by atoms with E-state index in [9.17, 15) is 0 Å². The number of nitrogens with one attached hydrogen (secondary N) is 1. The van der Waals surface area contributed by atoms with Crippen LogP contribution in [0.5, 0.6) is 0 Å². The van der Waals surface area contributed by atoms with Gasteiger partial charge in [-0.15, -0.1) is 11.3 Å². The van der Waals surface area contributed by atoms with Crippen molar-refractivity contribution in [2.45, 2.75) is 38.3 Å². The minimum Gasteiger partial charge on any atom is -0.307 e. The lowest BCUT2D eigenvalue weighted by Gasteiger charge is -2.23. The quantitative estimate of drug-likeness (QED) is 0.820. The van der Waals surface area contributed by atoms with Gasteiger partial charge in [0.15, 0.2) is 0 Å². The van der Waals surface area contributed by atoms with E-state index < -0.39 is 0 Å². The molecule has 0 radical (unpaired) electrons. The normalized spacial score (nSPS) is 18.2. The summed E-state index contributed by atoms with van der Waals surface area (Å²) in [4.78, 5) is 1.47. The van der Waals surface area contributed by atoms with E-state index in [2.05, 4.69) is 60.1 Å². The Kier molecular flexibility index (Phi) is 4.00. The van der Waals surface area contributed by atoms with Crippen LogP contribution in [0.4, 0.5) is 0 Å². The lowest BCUT2D eigenvalue weighted by Crippen LogP contribution is -2.33. The number of hydrogen-bond donors (Lipinski definition) is 1. The summed E-state index contributed by atoms with van der Waals surface area (Å²) in [5.74, 6) is 0.841. The summed E-state index contributed by atoms with van der Waals surface area (Å²) in [6, 6.07) is 16.4. The van der Waals surface area contributed by atoms with E-state index in [-0.39, 0.29) is 0 Å². The van der Waals surface area contributed by atoms with Crippen LogP contribution in [0.25, 0.3) is 0 Å². The zero-order valence-electron chi connectivity index (χ0n) is 11.4. The summed E-state index contributed by atoms with van der Waals surface area (Å²) in [7, 11) is 0. The first kappa shape index (κ1) is 12.9. The van der Waals surface area contributed by atoms with Crippen molar-refractivity contribution in [3.8, 4) is 0 Å². The van der Waals surface area contributed by atoms with Crippen LogP contribution >= 0.6 is 11.3 Å². The SMILES string of the molecule is CC(Cc1cccs1)NC(c1ccccc1)C1CC1. The van der Waals surface area contributed by atoms with E-state index in [0.29, 0.717) is 12.1 Å². The van der Waals surface area contributed by atoms with E-state index in [1.165, 1.54) is 23.3 Å². The van der Waals surface area contributed by atoms with Gasteiger partial charge in [0.1, 0.15) is 0 Å². The summed E-state index contributed by atoms with van der Waals surface area (Å²) in [5, 5.41) is 6.00. The van der Waals surface area contributed by atoms with Crippen molar-refractivity contribution >= 4 is 11.3 Å². The maximum Gasteiger partial charge on any atom is 0.0351 e. The highest BCUT2D eigenvalue weighted by Gasteiger charge is 2.32. The van der Waals surface area contributed by atoms with Crippen LogP contribution in [0, 0.1) is 5.92 Å². The molecule has 0 amide bonds. The molecule has 1 nitrogen and oxygen atoms in total. The fourth-order valence-corrected chi connectivity index (χ4v) is 3.53. The molecule has 1 aliphatic carbocycles. The standard InChI is InChI=1S/C17H21NS/c1-13(12-16-8-5-11-19-16)18-17(15-9-10-15)14-6-3-2-4-7-14/h2-8,11,13,15,17-18H,9-10,12H2,1H3. The number of rotatable bonds is 6. The molecule has 0 saturated heterocycles. The molecular weight excluding hydrogens is 250 g/mol. The van der Waals surface area contributed by atoms with E-state index in [1.54, 1.807) is 0 Å². The molecule has 1 aromatic heterocycles. The molecule has 2 heteroatoms. The summed E-state index contributed by atoms with van der Waals surface area (Å²) >= 11 is 1.86. The number of benzene rings is 1. The van der Waals surface area contributed by atoms with Crippen molar-refractivity contribution in [3.63, 3.8) is 0 Å². The molecule has 0 bridgehead atoms. The Hall–Kier alpha value is -1.12. The summed E-state index contributed by atoms with van der Waals surface area (Å²) in [6.07, 6.45) is 3.88.